The van der Waals surface area contributed by atoms with Gasteiger partial charge >= 0.3 is 0 Å². The van der Waals surface area contributed by atoms with Crippen LogP contribution in [-0.2, 0) is 29.0 Å². The third-order valence-corrected chi connectivity index (χ3v) is 4.96. The number of rotatable bonds is 8. The molecule has 2 aromatic rings. The largest absolute Gasteiger partial charge is 0.381 e. The number of nitrogens with one attached hydrogen (secondary N) is 2. The first-order valence-corrected chi connectivity index (χ1v) is 10.2. The van der Waals surface area contributed by atoms with Crippen LogP contribution in [0.4, 0.5) is 4.39 Å². The van der Waals surface area contributed by atoms with E-state index in [0.29, 0.717) is 25.8 Å². The summed E-state index contributed by atoms with van der Waals surface area (Å²) in [7, 11) is 1.74. The second kappa shape index (κ2) is 11.5. The van der Waals surface area contributed by atoms with Gasteiger partial charge in [0.15, 0.2) is 5.96 Å². The molecule has 0 saturated carbocycles. The van der Waals surface area contributed by atoms with Crippen LogP contribution in [0.5, 0.6) is 0 Å². The molecule has 1 fully saturated rings. The van der Waals surface area contributed by atoms with E-state index >= 15 is 0 Å². The lowest BCUT2D eigenvalue weighted by Crippen LogP contribution is -2.37. The zero-order valence-electron chi connectivity index (χ0n) is 17.0. The van der Waals surface area contributed by atoms with Gasteiger partial charge < -0.3 is 20.1 Å². The molecule has 1 aliphatic heterocycles. The highest BCUT2D eigenvalue weighted by Crippen LogP contribution is 2.14. The van der Waals surface area contributed by atoms with Gasteiger partial charge in [-0.2, -0.15) is 0 Å². The average molecular weight is 400 g/mol. The first kappa shape index (κ1) is 21.3. The van der Waals surface area contributed by atoms with Crippen molar-refractivity contribution in [1.82, 2.24) is 10.6 Å². The maximum absolute atomic E-state index is 13.2. The molecule has 0 aliphatic carbocycles. The number of aliphatic imine (C=N–C) groups is 1. The summed E-state index contributed by atoms with van der Waals surface area (Å²) in [6, 6.07) is 15.1. The number of hydrogen-bond donors (Lipinski definition) is 2. The SMILES string of the molecule is CN=C(NCCc1cccc(F)c1)NCc1ccc(COC2CCOCC2)cc1. The molecule has 0 spiro atoms. The van der Waals surface area contributed by atoms with E-state index in [1.165, 1.54) is 17.2 Å². The van der Waals surface area contributed by atoms with Gasteiger partial charge in [0.1, 0.15) is 5.82 Å². The third kappa shape index (κ3) is 7.48. The van der Waals surface area contributed by atoms with Crippen LogP contribution in [0.3, 0.4) is 0 Å². The van der Waals surface area contributed by atoms with Crippen molar-refractivity contribution in [3.05, 3.63) is 71.0 Å². The Hall–Kier alpha value is -2.44. The van der Waals surface area contributed by atoms with Crippen LogP contribution in [0.2, 0.25) is 0 Å². The predicted molar refractivity (Wildman–Crippen MR) is 113 cm³/mol. The van der Waals surface area contributed by atoms with Crippen molar-refractivity contribution in [3.63, 3.8) is 0 Å². The summed E-state index contributed by atoms with van der Waals surface area (Å²) in [6.45, 7) is 3.60. The molecule has 0 atom stereocenters. The molecule has 1 aliphatic rings. The van der Waals surface area contributed by atoms with E-state index in [0.717, 1.165) is 44.0 Å². The van der Waals surface area contributed by atoms with E-state index in [1.54, 1.807) is 19.2 Å². The molecule has 0 unspecified atom stereocenters. The van der Waals surface area contributed by atoms with E-state index in [-0.39, 0.29) is 5.82 Å². The lowest BCUT2D eigenvalue weighted by Gasteiger charge is -2.22. The van der Waals surface area contributed by atoms with Gasteiger partial charge in [-0.25, -0.2) is 4.39 Å². The Morgan fingerprint density at radius 1 is 1.07 bits per heavy atom. The van der Waals surface area contributed by atoms with Gasteiger partial charge in [-0.15, -0.1) is 0 Å². The van der Waals surface area contributed by atoms with E-state index in [9.17, 15) is 4.39 Å². The second-order valence-corrected chi connectivity index (χ2v) is 7.17. The molecule has 1 saturated heterocycles. The molecular formula is C23H30FN3O2. The minimum Gasteiger partial charge on any atom is -0.381 e. The summed E-state index contributed by atoms with van der Waals surface area (Å²) < 4.78 is 24.6. The second-order valence-electron chi connectivity index (χ2n) is 7.17. The number of guanidine groups is 1. The summed E-state index contributed by atoms with van der Waals surface area (Å²) in [6.07, 6.45) is 3.01. The Morgan fingerprint density at radius 2 is 1.83 bits per heavy atom. The summed E-state index contributed by atoms with van der Waals surface area (Å²) in [4.78, 5) is 4.24. The van der Waals surface area contributed by atoms with Gasteiger partial charge in [0.25, 0.3) is 0 Å². The predicted octanol–water partition coefficient (Wildman–Crippen LogP) is 3.43. The molecule has 3 rings (SSSR count). The van der Waals surface area contributed by atoms with Crippen molar-refractivity contribution in [2.75, 3.05) is 26.8 Å². The van der Waals surface area contributed by atoms with Gasteiger partial charge in [0.05, 0.1) is 12.7 Å². The maximum Gasteiger partial charge on any atom is 0.191 e. The monoisotopic (exact) mass is 399 g/mol. The number of benzene rings is 2. The molecule has 0 aromatic heterocycles. The van der Waals surface area contributed by atoms with Gasteiger partial charge in [-0.05, 0) is 48.1 Å². The van der Waals surface area contributed by atoms with Crippen LogP contribution in [0, 0.1) is 5.82 Å². The average Bonchev–Trinajstić information content (AvgIpc) is 2.76. The molecule has 0 bridgehead atoms. The van der Waals surface area contributed by atoms with Gasteiger partial charge in [0, 0.05) is 33.4 Å². The van der Waals surface area contributed by atoms with E-state index in [4.69, 9.17) is 9.47 Å². The van der Waals surface area contributed by atoms with Crippen LogP contribution in [-0.4, -0.2) is 38.9 Å². The minimum atomic E-state index is -0.202. The summed E-state index contributed by atoms with van der Waals surface area (Å²) in [5, 5.41) is 6.57. The highest BCUT2D eigenvalue weighted by Gasteiger charge is 2.13. The summed E-state index contributed by atoms with van der Waals surface area (Å²) >= 11 is 0. The molecule has 1 heterocycles. The van der Waals surface area contributed by atoms with E-state index in [2.05, 4.69) is 39.9 Å². The molecule has 29 heavy (non-hydrogen) atoms. The zero-order chi connectivity index (χ0) is 20.3. The molecule has 0 amide bonds. The van der Waals surface area contributed by atoms with Crippen molar-refractivity contribution in [1.29, 1.82) is 0 Å². The molecule has 156 valence electrons. The zero-order valence-corrected chi connectivity index (χ0v) is 17.0. The standard InChI is InChI=1S/C23H30FN3O2/c1-25-23(26-12-9-18-3-2-4-21(24)15-18)27-16-19-5-7-20(8-6-19)17-29-22-10-13-28-14-11-22/h2-8,15,22H,9-14,16-17H2,1H3,(H2,25,26,27). The number of nitrogens with zero attached hydrogens (tertiary/aromatic N) is 1. The van der Waals surface area contributed by atoms with Crippen molar-refractivity contribution in [3.8, 4) is 0 Å². The van der Waals surface area contributed by atoms with Crippen molar-refractivity contribution in [2.24, 2.45) is 4.99 Å². The first-order valence-electron chi connectivity index (χ1n) is 10.2. The number of ether oxygens (including phenoxy) is 2. The Bertz CT molecular complexity index is 774. The lowest BCUT2D eigenvalue weighted by atomic mass is 10.1. The van der Waals surface area contributed by atoms with Crippen molar-refractivity contribution in [2.45, 2.75) is 38.5 Å². The van der Waals surface area contributed by atoms with Crippen LogP contribution >= 0.6 is 0 Å². The van der Waals surface area contributed by atoms with Crippen LogP contribution < -0.4 is 10.6 Å². The fraction of sp³-hybridized carbons (Fsp3) is 0.435. The minimum absolute atomic E-state index is 0.202. The Morgan fingerprint density at radius 3 is 2.55 bits per heavy atom. The quantitative estimate of drug-likeness (QED) is 0.528. The van der Waals surface area contributed by atoms with Gasteiger partial charge in [0.2, 0.25) is 0 Å². The number of hydrogen-bond acceptors (Lipinski definition) is 3. The molecule has 6 heteroatoms. The molecule has 0 radical (unpaired) electrons. The van der Waals surface area contributed by atoms with Crippen LogP contribution in [0.1, 0.15) is 29.5 Å². The van der Waals surface area contributed by atoms with Gasteiger partial charge in [-0.3, -0.25) is 4.99 Å². The van der Waals surface area contributed by atoms with Crippen molar-refractivity contribution < 1.29 is 13.9 Å². The highest BCUT2D eigenvalue weighted by atomic mass is 19.1. The fourth-order valence-electron chi connectivity index (χ4n) is 3.23. The van der Waals surface area contributed by atoms with Crippen LogP contribution in [0.25, 0.3) is 0 Å². The Labute approximate surface area is 172 Å². The molecule has 5 nitrogen and oxygen atoms in total. The lowest BCUT2D eigenvalue weighted by molar-refractivity contribution is -0.0390. The fourth-order valence-corrected chi connectivity index (χ4v) is 3.23. The van der Waals surface area contributed by atoms with E-state index < -0.39 is 0 Å². The van der Waals surface area contributed by atoms with Crippen molar-refractivity contribution >= 4 is 5.96 Å². The third-order valence-electron chi connectivity index (χ3n) is 4.96. The molecule has 2 N–H and O–H groups in total. The smallest absolute Gasteiger partial charge is 0.191 e. The Balaban J connectivity index is 1.37. The Kier molecular flexibility index (Phi) is 8.46. The summed E-state index contributed by atoms with van der Waals surface area (Å²) in [5.74, 6) is 0.528. The van der Waals surface area contributed by atoms with Crippen LogP contribution in [0.15, 0.2) is 53.5 Å². The molecule has 2 aromatic carbocycles. The maximum atomic E-state index is 13.2. The number of halogens is 1. The first-order chi connectivity index (χ1) is 14.2. The van der Waals surface area contributed by atoms with E-state index in [1.807, 2.05) is 6.07 Å². The topological polar surface area (TPSA) is 54.9 Å². The normalized spacial score (nSPS) is 15.3. The summed E-state index contributed by atoms with van der Waals surface area (Å²) in [5.41, 5.74) is 3.32. The van der Waals surface area contributed by atoms with Gasteiger partial charge in [-0.1, -0.05) is 36.4 Å². The molecular weight excluding hydrogens is 369 g/mol. The highest BCUT2D eigenvalue weighted by molar-refractivity contribution is 5.79.